The molecule has 7 atom stereocenters. The Morgan fingerprint density at radius 1 is 0.957 bits per heavy atom. The van der Waals surface area contributed by atoms with E-state index in [0.29, 0.717) is 19.7 Å². The minimum absolute atomic E-state index is 0.0279. The minimum atomic E-state index is -0.969. The van der Waals surface area contributed by atoms with E-state index in [1.54, 1.807) is 21.6 Å². The number of thioether (sulfide) groups is 1. The molecule has 4 aliphatic heterocycles. The number of aliphatic hydroxyl groups excluding tert-OH is 1. The van der Waals surface area contributed by atoms with Crippen LogP contribution in [0.3, 0.4) is 0 Å². The van der Waals surface area contributed by atoms with Crippen molar-refractivity contribution < 1.29 is 24.2 Å². The largest absolute Gasteiger partial charge is 0.494 e. The molecule has 0 aliphatic carbocycles. The van der Waals surface area contributed by atoms with E-state index >= 15 is 9.59 Å². The molecule has 1 N–H and O–H groups in total. The Hall–Kier alpha value is -2.78. The number of hydrogen-bond acceptors (Lipinski definition) is 6. The molecule has 0 bridgehead atoms. The fraction of sp³-hybridized carbons (Fsp3) is 0.649. The standard InChI is InChI=1S/C37H53N3O5S/c1-10-24(3)27(22-41)40-30-33(44)39(35(7,8)23-34(4,5)6)21-13-19-37(30)29(32(40)43)28-31(42)38(20-12-18-36(28,9)46-37)25-14-16-26(17-15-25)45-11-2/h12-19,24,27-30,41H,10-11,20-23H2,1-9H3/t24-,27-,28-,29-,30?,36+,37-/m0/s1. The lowest BCUT2D eigenvalue weighted by atomic mass is 9.74. The van der Waals surface area contributed by atoms with Gasteiger partial charge in [-0.25, -0.2) is 0 Å². The molecule has 2 saturated heterocycles. The molecule has 0 radical (unpaired) electrons. The van der Waals surface area contributed by atoms with Crippen molar-refractivity contribution in [3.63, 3.8) is 0 Å². The number of anilines is 1. The topological polar surface area (TPSA) is 90.4 Å². The number of carbonyl (C=O) groups is 3. The van der Waals surface area contributed by atoms with E-state index in [1.807, 2.05) is 69.0 Å². The number of ether oxygens (including phenoxy) is 1. The smallest absolute Gasteiger partial charge is 0.247 e. The molecule has 1 unspecified atom stereocenters. The summed E-state index contributed by atoms with van der Waals surface area (Å²) in [6.45, 7) is 19.9. The van der Waals surface area contributed by atoms with Crippen LogP contribution in [-0.4, -0.2) is 86.0 Å². The van der Waals surface area contributed by atoms with Gasteiger partial charge in [0.25, 0.3) is 0 Å². The second kappa shape index (κ2) is 12.3. The lowest BCUT2D eigenvalue weighted by molar-refractivity contribution is -0.150. The van der Waals surface area contributed by atoms with Crippen molar-refractivity contribution in [2.45, 2.75) is 102 Å². The third kappa shape index (κ3) is 5.69. The molecule has 4 aliphatic rings. The number of fused-ring (bicyclic) bond motifs is 2. The van der Waals surface area contributed by atoms with Crippen molar-refractivity contribution in [2.75, 3.05) is 31.2 Å². The highest BCUT2D eigenvalue weighted by molar-refractivity contribution is 8.02. The van der Waals surface area contributed by atoms with Crippen molar-refractivity contribution in [1.82, 2.24) is 9.80 Å². The van der Waals surface area contributed by atoms with Gasteiger partial charge in [-0.1, -0.05) is 65.3 Å². The van der Waals surface area contributed by atoms with E-state index in [0.717, 1.165) is 24.3 Å². The zero-order valence-electron chi connectivity index (χ0n) is 29.1. The maximum atomic E-state index is 15.1. The van der Waals surface area contributed by atoms with Gasteiger partial charge < -0.3 is 24.5 Å². The van der Waals surface area contributed by atoms with Crippen molar-refractivity contribution in [1.29, 1.82) is 0 Å². The maximum absolute atomic E-state index is 15.1. The summed E-state index contributed by atoms with van der Waals surface area (Å²) in [6.07, 6.45) is 9.74. The van der Waals surface area contributed by atoms with Crippen molar-refractivity contribution in [2.24, 2.45) is 23.2 Å². The van der Waals surface area contributed by atoms with Crippen LogP contribution in [0.2, 0.25) is 0 Å². The predicted molar refractivity (Wildman–Crippen MR) is 185 cm³/mol. The molecule has 8 nitrogen and oxygen atoms in total. The number of aliphatic hydroxyl groups is 1. The lowest BCUT2D eigenvalue weighted by Crippen LogP contribution is -2.61. The minimum Gasteiger partial charge on any atom is -0.494 e. The van der Waals surface area contributed by atoms with Gasteiger partial charge in [-0.15, -0.1) is 11.8 Å². The molecule has 9 heteroatoms. The molecule has 1 aromatic rings. The van der Waals surface area contributed by atoms with E-state index in [9.17, 15) is 9.90 Å². The zero-order valence-corrected chi connectivity index (χ0v) is 29.9. The molecular formula is C37H53N3O5S. The Bertz CT molecular complexity index is 1400. The Morgan fingerprint density at radius 2 is 1.61 bits per heavy atom. The van der Waals surface area contributed by atoms with Crippen molar-refractivity contribution in [3.8, 4) is 5.75 Å². The van der Waals surface area contributed by atoms with E-state index in [2.05, 4.69) is 46.8 Å². The molecule has 0 aromatic heterocycles. The number of amides is 3. The SMILES string of the molecule is CCOc1ccc(N2CC=C[C@@]3(C)S[C@]45C=CCN(C(C)(C)CC(C)(C)C)C(=O)C4N([C@@H](CO)[C@@H](C)CC)C(=O)[C@@H]5[C@H]3C2=O)cc1. The first kappa shape index (κ1) is 34.6. The number of likely N-dealkylation sites (tertiary alicyclic amines) is 1. The van der Waals surface area contributed by atoms with Gasteiger partial charge in [-0.2, -0.15) is 0 Å². The van der Waals surface area contributed by atoms with Crippen LogP contribution in [-0.2, 0) is 14.4 Å². The van der Waals surface area contributed by atoms with E-state index in [4.69, 9.17) is 4.74 Å². The van der Waals surface area contributed by atoms with Gasteiger partial charge in [0.2, 0.25) is 17.7 Å². The molecule has 4 heterocycles. The van der Waals surface area contributed by atoms with E-state index in [-0.39, 0.29) is 35.7 Å². The van der Waals surface area contributed by atoms with Gasteiger partial charge in [0, 0.05) is 29.1 Å². The molecule has 5 rings (SSSR count). The van der Waals surface area contributed by atoms with Gasteiger partial charge in [0.05, 0.1) is 35.8 Å². The number of rotatable bonds is 9. The quantitative estimate of drug-likeness (QED) is 0.345. The Balaban J connectivity index is 1.64. The summed E-state index contributed by atoms with van der Waals surface area (Å²) in [5, 5.41) is 10.8. The molecule has 46 heavy (non-hydrogen) atoms. The van der Waals surface area contributed by atoms with Crippen LogP contribution in [0.25, 0.3) is 0 Å². The first-order valence-corrected chi connectivity index (χ1v) is 17.7. The lowest BCUT2D eigenvalue weighted by Gasteiger charge is -2.46. The molecular weight excluding hydrogens is 598 g/mol. The van der Waals surface area contributed by atoms with E-state index in [1.165, 1.54) is 0 Å². The van der Waals surface area contributed by atoms with Crippen molar-refractivity contribution in [3.05, 3.63) is 48.6 Å². The van der Waals surface area contributed by atoms with Crippen LogP contribution in [0.1, 0.15) is 75.2 Å². The average Bonchev–Trinajstić information content (AvgIpc) is 3.23. The first-order chi connectivity index (χ1) is 21.5. The van der Waals surface area contributed by atoms with Gasteiger partial charge in [-0.3, -0.25) is 14.4 Å². The third-order valence-electron chi connectivity index (χ3n) is 10.5. The van der Waals surface area contributed by atoms with Crippen LogP contribution < -0.4 is 9.64 Å². The summed E-state index contributed by atoms with van der Waals surface area (Å²) in [5.41, 5.74) is 0.225. The fourth-order valence-corrected chi connectivity index (χ4v) is 10.8. The summed E-state index contributed by atoms with van der Waals surface area (Å²) in [6, 6.07) is 6.11. The molecule has 3 amide bonds. The highest BCUT2D eigenvalue weighted by Crippen LogP contribution is 2.66. The van der Waals surface area contributed by atoms with Gasteiger partial charge in [0.15, 0.2) is 0 Å². The number of nitrogens with zero attached hydrogens (tertiary/aromatic N) is 3. The van der Waals surface area contributed by atoms with Crippen LogP contribution in [0.15, 0.2) is 48.6 Å². The Kier molecular flexibility index (Phi) is 9.27. The van der Waals surface area contributed by atoms with Crippen LogP contribution in [0.4, 0.5) is 5.69 Å². The molecule has 1 aromatic carbocycles. The van der Waals surface area contributed by atoms with Crippen LogP contribution in [0, 0.1) is 23.2 Å². The fourth-order valence-electron chi connectivity index (χ4n) is 8.69. The zero-order chi connectivity index (χ0) is 33.8. The number of benzene rings is 1. The second-order valence-corrected chi connectivity index (χ2v) is 17.3. The van der Waals surface area contributed by atoms with Gasteiger partial charge >= 0.3 is 0 Å². The highest BCUT2D eigenvalue weighted by Gasteiger charge is 2.75. The molecule has 252 valence electrons. The van der Waals surface area contributed by atoms with E-state index < -0.39 is 39.0 Å². The van der Waals surface area contributed by atoms with Crippen LogP contribution in [0.5, 0.6) is 5.75 Å². The first-order valence-electron chi connectivity index (χ1n) is 16.9. The Labute approximate surface area is 279 Å². The second-order valence-electron chi connectivity index (χ2n) is 15.6. The number of carbonyl (C=O) groups excluding carboxylic acids is 3. The summed E-state index contributed by atoms with van der Waals surface area (Å²) < 4.78 is 3.95. The normalized spacial score (nSPS) is 31.0. The monoisotopic (exact) mass is 651 g/mol. The highest BCUT2D eigenvalue weighted by atomic mass is 32.2. The van der Waals surface area contributed by atoms with Gasteiger partial charge in [0.1, 0.15) is 11.8 Å². The molecule has 0 saturated carbocycles. The number of hydrogen-bond donors (Lipinski definition) is 1. The molecule has 1 spiro atoms. The summed E-state index contributed by atoms with van der Waals surface area (Å²) >= 11 is 1.59. The predicted octanol–water partition coefficient (Wildman–Crippen LogP) is 5.70. The Morgan fingerprint density at radius 3 is 2.20 bits per heavy atom. The molecule has 2 fully saturated rings. The van der Waals surface area contributed by atoms with Gasteiger partial charge in [-0.05, 0) is 69.7 Å². The summed E-state index contributed by atoms with van der Waals surface area (Å²) in [5.74, 6) is -1.22. The third-order valence-corrected chi connectivity index (χ3v) is 12.3. The van der Waals surface area contributed by atoms with Crippen molar-refractivity contribution >= 4 is 35.2 Å². The summed E-state index contributed by atoms with van der Waals surface area (Å²) in [4.78, 5) is 50.3. The van der Waals surface area contributed by atoms with Crippen LogP contribution >= 0.6 is 11.8 Å². The average molecular weight is 652 g/mol. The summed E-state index contributed by atoms with van der Waals surface area (Å²) in [7, 11) is 0. The maximum Gasteiger partial charge on any atom is 0.247 e.